The lowest BCUT2D eigenvalue weighted by Gasteiger charge is -2.17. The van der Waals surface area contributed by atoms with E-state index in [0.29, 0.717) is 5.56 Å². The Labute approximate surface area is 117 Å². The average Bonchev–Trinajstić information content (AvgIpc) is 2.35. The van der Waals surface area contributed by atoms with Crippen molar-refractivity contribution in [1.82, 2.24) is 5.43 Å². The zero-order valence-corrected chi connectivity index (χ0v) is 10.8. The van der Waals surface area contributed by atoms with Gasteiger partial charge in [-0.05, 0) is 24.1 Å². The fraction of sp³-hybridized carbons (Fsp3) is 0.500. The smallest absolute Gasteiger partial charge is 0.370 e. The third-order valence-corrected chi connectivity index (χ3v) is 2.58. The van der Waals surface area contributed by atoms with Crippen LogP contribution in [0.5, 0.6) is 0 Å². The minimum absolute atomic E-state index is 0.145. The zero-order chi connectivity index (χ0) is 16.1. The van der Waals surface area contributed by atoms with Crippen molar-refractivity contribution < 1.29 is 31.1 Å². The minimum atomic E-state index is -4.44. The molecule has 1 unspecified atom stereocenters. The van der Waals surface area contributed by atoms with E-state index in [0.717, 1.165) is 12.1 Å². The number of ether oxygens (including phenoxy) is 1. The minimum Gasteiger partial charge on any atom is -0.370 e. The number of alkyl halides is 6. The normalized spacial score (nSPS) is 14.2. The molecule has 0 aliphatic rings. The van der Waals surface area contributed by atoms with Crippen LogP contribution in [0, 0.1) is 0 Å². The fourth-order valence-corrected chi connectivity index (χ4v) is 1.60. The quantitative estimate of drug-likeness (QED) is 0.482. The SMILES string of the molecule is NNC(COCC(F)(F)F)Cc1ccc(C(F)(F)F)cc1. The van der Waals surface area contributed by atoms with Gasteiger partial charge in [-0.2, -0.15) is 26.3 Å². The Bertz CT molecular complexity index is 429. The standard InChI is InChI=1S/C12H14F6N2O/c13-11(14,15)7-21-6-10(20-19)5-8-1-3-9(4-2-8)12(16,17)18/h1-4,10,20H,5-7,19H2. The summed E-state index contributed by atoms with van der Waals surface area (Å²) in [6, 6.07) is 3.66. The van der Waals surface area contributed by atoms with E-state index in [1.807, 2.05) is 0 Å². The highest BCUT2D eigenvalue weighted by Gasteiger charge is 2.30. The van der Waals surface area contributed by atoms with Crippen LogP contribution >= 0.6 is 0 Å². The summed E-state index contributed by atoms with van der Waals surface area (Å²) in [7, 11) is 0. The Morgan fingerprint density at radius 2 is 1.62 bits per heavy atom. The zero-order valence-electron chi connectivity index (χ0n) is 10.8. The topological polar surface area (TPSA) is 47.3 Å². The number of hydrazine groups is 1. The van der Waals surface area contributed by atoms with Crippen molar-refractivity contribution in [3.05, 3.63) is 35.4 Å². The van der Waals surface area contributed by atoms with E-state index in [1.54, 1.807) is 0 Å². The Morgan fingerprint density at radius 1 is 1.05 bits per heavy atom. The highest BCUT2D eigenvalue weighted by atomic mass is 19.4. The summed E-state index contributed by atoms with van der Waals surface area (Å²) < 4.78 is 77.3. The first-order valence-electron chi connectivity index (χ1n) is 5.88. The highest BCUT2D eigenvalue weighted by molar-refractivity contribution is 5.25. The molecule has 0 radical (unpaired) electrons. The van der Waals surface area contributed by atoms with Crippen LogP contribution in [0.4, 0.5) is 26.3 Å². The van der Waals surface area contributed by atoms with E-state index in [4.69, 9.17) is 5.84 Å². The summed E-state index contributed by atoms with van der Waals surface area (Å²) in [6.45, 7) is -1.71. The Balaban J connectivity index is 2.53. The molecule has 1 aromatic carbocycles. The van der Waals surface area contributed by atoms with Crippen LogP contribution in [0.25, 0.3) is 0 Å². The summed E-state index contributed by atoms with van der Waals surface area (Å²) in [5, 5.41) is 0. The lowest BCUT2D eigenvalue weighted by molar-refractivity contribution is -0.175. The number of hydrogen-bond donors (Lipinski definition) is 2. The number of rotatable bonds is 6. The largest absolute Gasteiger partial charge is 0.416 e. The van der Waals surface area contributed by atoms with E-state index in [9.17, 15) is 26.3 Å². The molecule has 1 atom stereocenters. The molecule has 3 nitrogen and oxygen atoms in total. The van der Waals surface area contributed by atoms with Gasteiger partial charge in [0.2, 0.25) is 0 Å². The van der Waals surface area contributed by atoms with Gasteiger partial charge in [-0.15, -0.1) is 0 Å². The summed E-state index contributed by atoms with van der Waals surface area (Å²) in [6.07, 6.45) is -8.72. The summed E-state index contributed by atoms with van der Waals surface area (Å²) in [4.78, 5) is 0. The van der Waals surface area contributed by atoms with Gasteiger partial charge in [-0.1, -0.05) is 12.1 Å². The van der Waals surface area contributed by atoms with Crippen molar-refractivity contribution in [3.8, 4) is 0 Å². The maximum absolute atomic E-state index is 12.4. The van der Waals surface area contributed by atoms with Crippen molar-refractivity contribution in [2.45, 2.75) is 24.8 Å². The molecule has 0 amide bonds. The van der Waals surface area contributed by atoms with Crippen LogP contribution in [0.3, 0.4) is 0 Å². The van der Waals surface area contributed by atoms with Crippen LogP contribution < -0.4 is 11.3 Å². The predicted octanol–water partition coefficient (Wildman–Crippen LogP) is 2.66. The van der Waals surface area contributed by atoms with Gasteiger partial charge in [-0.3, -0.25) is 11.3 Å². The van der Waals surface area contributed by atoms with Gasteiger partial charge in [0.05, 0.1) is 12.2 Å². The molecule has 0 heterocycles. The lowest BCUT2D eigenvalue weighted by Crippen LogP contribution is -2.41. The van der Waals surface area contributed by atoms with Crippen LogP contribution in [0.15, 0.2) is 24.3 Å². The molecule has 1 aromatic rings. The molecule has 0 fully saturated rings. The molecule has 21 heavy (non-hydrogen) atoms. The number of halogens is 6. The predicted molar refractivity (Wildman–Crippen MR) is 63.1 cm³/mol. The van der Waals surface area contributed by atoms with Gasteiger partial charge in [-0.25, -0.2) is 0 Å². The summed E-state index contributed by atoms with van der Waals surface area (Å²) in [5.74, 6) is 5.18. The molecular formula is C12H14F6N2O. The van der Waals surface area contributed by atoms with Crippen LogP contribution in [0.2, 0.25) is 0 Å². The molecule has 0 saturated heterocycles. The van der Waals surface area contributed by atoms with Gasteiger partial charge < -0.3 is 4.74 Å². The number of nitrogens with one attached hydrogen (secondary N) is 1. The third-order valence-electron chi connectivity index (χ3n) is 2.58. The molecule has 0 saturated carbocycles. The highest BCUT2D eigenvalue weighted by Crippen LogP contribution is 2.29. The molecule has 0 aliphatic heterocycles. The number of hydrogen-bond acceptors (Lipinski definition) is 3. The Hall–Kier alpha value is -1.32. The summed E-state index contributed by atoms with van der Waals surface area (Å²) >= 11 is 0. The van der Waals surface area contributed by atoms with Crippen molar-refractivity contribution >= 4 is 0 Å². The fourth-order valence-electron chi connectivity index (χ4n) is 1.60. The van der Waals surface area contributed by atoms with Crippen molar-refractivity contribution in [3.63, 3.8) is 0 Å². The molecule has 9 heteroatoms. The van der Waals surface area contributed by atoms with E-state index in [1.165, 1.54) is 12.1 Å². The summed E-state index contributed by atoms with van der Waals surface area (Å²) in [5.41, 5.74) is 1.97. The van der Waals surface area contributed by atoms with Gasteiger partial charge in [0.25, 0.3) is 0 Å². The average molecular weight is 316 g/mol. The van der Waals surface area contributed by atoms with Crippen LogP contribution in [-0.4, -0.2) is 25.4 Å². The maximum atomic E-state index is 12.4. The second-order valence-electron chi connectivity index (χ2n) is 4.39. The molecule has 0 aliphatic carbocycles. The maximum Gasteiger partial charge on any atom is 0.416 e. The third kappa shape index (κ3) is 6.78. The molecule has 0 bridgehead atoms. The first-order valence-corrected chi connectivity index (χ1v) is 5.88. The van der Waals surface area contributed by atoms with Crippen molar-refractivity contribution in [2.24, 2.45) is 5.84 Å². The van der Waals surface area contributed by atoms with Crippen LogP contribution in [-0.2, 0) is 17.3 Å². The van der Waals surface area contributed by atoms with Crippen LogP contribution in [0.1, 0.15) is 11.1 Å². The molecular weight excluding hydrogens is 302 g/mol. The first kappa shape index (κ1) is 17.7. The van der Waals surface area contributed by atoms with Gasteiger partial charge in [0.1, 0.15) is 6.61 Å². The molecule has 0 aromatic heterocycles. The van der Waals surface area contributed by atoms with Gasteiger partial charge >= 0.3 is 12.4 Å². The monoisotopic (exact) mass is 316 g/mol. The van der Waals surface area contributed by atoms with E-state index in [2.05, 4.69) is 10.2 Å². The van der Waals surface area contributed by atoms with E-state index in [-0.39, 0.29) is 13.0 Å². The molecule has 0 spiro atoms. The number of nitrogens with two attached hydrogens (primary N) is 1. The molecule has 120 valence electrons. The van der Waals surface area contributed by atoms with Crippen molar-refractivity contribution in [1.29, 1.82) is 0 Å². The Morgan fingerprint density at radius 3 is 2.05 bits per heavy atom. The van der Waals surface area contributed by atoms with E-state index >= 15 is 0 Å². The second kappa shape index (κ2) is 7.10. The lowest BCUT2D eigenvalue weighted by atomic mass is 10.0. The Kier molecular flexibility index (Phi) is 5.99. The first-order chi connectivity index (χ1) is 9.62. The van der Waals surface area contributed by atoms with Crippen molar-refractivity contribution in [2.75, 3.05) is 13.2 Å². The van der Waals surface area contributed by atoms with Gasteiger partial charge in [0, 0.05) is 6.04 Å². The molecule has 1 rings (SSSR count). The molecule has 3 N–H and O–H groups in total. The van der Waals surface area contributed by atoms with Gasteiger partial charge in [0.15, 0.2) is 0 Å². The second-order valence-corrected chi connectivity index (χ2v) is 4.39. The number of benzene rings is 1. The van der Waals surface area contributed by atoms with E-state index < -0.39 is 30.6 Å².